The first-order valence-corrected chi connectivity index (χ1v) is 5.86. The van der Waals surface area contributed by atoms with Gasteiger partial charge in [0, 0.05) is 25.5 Å². The van der Waals surface area contributed by atoms with Gasteiger partial charge in [-0.25, -0.2) is 0 Å². The number of rotatable bonds is 5. The lowest BCUT2D eigenvalue weighted by Crippen LogP contribution is -2.31. The summed E-state index contributed by atoms with van der Waals surface area (Å²) in [6, 6.07) is 2.05. The molecule has 0 spiro atoms. The van der Waals surface area contributed by atoms with Crippen molar-refractivity contribution in [2.24, 2.45) is 5.92 Å². The van der Waals surface area contributed by atoms with Crippen LogP contribution >= 0.6 is 0 Å². The van der Waals surface area contributed by atoms with Crippen LogP contribution in [-0.2, 0) is 6.54 Å². The monoisotopic (exact) mass is 208 g/mol. The molecule has 0 radical (unpaired) electrons. The first-order valence-electron chi connectivity index (χ1n) is 5.86. The van der Waals surface area contributed by atoms with Crippen molar-refractivity contribution in [2.45, 2.75) is 38.3 Å². The maximum absolute atomic E-state index is 9.91. The van der Waals surface area contributed by atoms with Gasteiger partial charge in [0.05, 0.1) is 6.10 Å². The van der Waals surface area contributed by atoms with Gasteiger partial charge in [-0.05, 0) is 30.4 Å². The van der Waals surface area contributed by atoms with Crippen LogP contribution < -0.4 is 5.32 Å². The van der Waals surface area contributed by atoms with E-state index < -0.39 is 0 Å². The van der Waals surface area contributed by atoms with Crippen molar-refractivity contribution in [3.05, 3.63) is 24.0 Å². The quantitative estimate of drug-likeness (QED) is 0.689. The normalized spacial score (nSPS) is 19.5. The van der Waals surface area contributed by atoms with Gasteiger partial charge in [0.25, 0.3) is 0 Å². The number of aromatic amines is 1. The lowest BCUT2D eigenvalue weighted by atomic mass is 10.0. The van der Waals surface area contributed by atoms with Crippen LogP contribution in [0.4, 0.5) is 0 Å². The van der Waals surface area contributed by atoms with Crippen molar-refractivity contribution in [3.8, 4) is 0 Å². The zero-order chi connectivity index (χ0) is 10.5. The molecule has 2 rings (SSSR count). The van der Waals surface area contributed by atoms with Gasteiger partial charge in [0.1, 0.15) is 0 Å². The fourth-order valence-electron chi connectivity index (χ4n) is 2.34. The molecule has 1 unspecified atom stereocenters. The van der Waals surface area contributed by atoms with Gasteiger partial charge in [0.2, 0.25) is 0 Å². The predicted octanol–water partition coefficient (Wildman–Crippen LogP) is 1.66. The minimum Gasteiger partial charge on any atom is -0.392 e. The second kappa shape index (κ2) is 5.33. The molecule has 0 bridgehead atoms. The van der Waals surface area contributed by atoms with Gasteiger partial charge in [-0.1, -0.05) is 12.8 Å². The summed E-state index contributed by atoms with van der Waals surface area (Å²) < 4.78 is 0. The van der Waals surface area contributed by atoms with E-state index in [9.17, 15) is 5.11 Å². The molecule has 0 amide bonds. The maximum Gasteiger partial charge on any atom is 0.0692 e. The lowest BCUT2D eigenvalue weighted by molar-refractivity contribution is 0.109. The predicted molar refractivity (Wildman–Crippen MR) is 60.5 cm³/mol. The third-order valence-corrected chi connectivity index (χ3v) is 3.29. The molecular weight excluding hydrogens is 188 g/mol. The second-order valence-electron chi connectivity index (χ2n) is 4.46. The molecule has 1 saturated carbocycles. The molecule has 84 valence electrons. The second-order valence-corrected chi connectivity index (χ2v) is 4.46. The van der Waals surface area contributed by atoms with Crippen LogP contribution in [0.15, 0.2) is 18.5 Å². The highest BCUT2D eigenvalue weighted by atomic mass is 16.3. The topological polar surface area (TPSA) is 48.0 Å². The number of aliphatic hydroxyl groups excluding tert-OH is 1. The van der Waals surface area contributed by atoms with Crippen LogP contribution in [0.3, 0.4) is 0 Å². The minimum atomic E-state index is -0.161. The summed E-state index contributed by atoms with van der Waals surface area (Å²) in [5.41, 5.74) is 1.24. The Morgan fingerprint density at radius 1 is 1.47 bits per heavy atom. The van der Waals surface area contributed by atoms with E-state index in [1.54, 1.807) is 0 Å². The van der Waals surface area contributed by atoms with Crippen molar-refractivity contribution in [3.63, 3.8) is 0 Å². The Labute approximate surface area is 90.9 Å². The smallest absolute Gasteiger partial charge is 0.0692 e. The summed E-state index contributed by atoms with van der Waals surface area (Å²) in [5.74, 6) is 0.531. The fourth-order valence-corrected chi connectivity index (χ4v) is 2.34. The van der Waals surface area contributed by atoms with E-state index in [1.165, 1.54) is 31.2 Å². The molecule has 15 heavy (non-hydrogen) atoms. The van der Waals surface area contributed by atoms with Crippen LogP contribution in [-0.4, -0.2) is 22.7 Å². The lowest BCUT2D eigenvalue weighted by Gasteiger charge is -2.17. The number of nitrogens with one attached hydrogen (secondary N) is 2. The summed E-state index contributed by atoms with van der Waals surface area (Å²) in [4.78, 5) is 3.02. The van der Waals surface area contributed by atoms with Crippen LogP contribution in [0.1, 0.15) is 31.2 Å². The third kappa shape index (κ3) is 3.08. The maximum atomic E-state index is 9.91. The highest BCUT2D eigenvalue weighted by Crippen LogP contribution is 2.27. The molecule has 0 aromatic carbocycles. The molecule has 3 N–H and O–H groups in total. The van der Waals surface area contributed by atoms with Crippen molar-refractivity contribution in [1.29, 1.82) is 0 Å². The summed E-state index contributed by atoms with van der Waals surface area (Å²) in [5, 5.41) is 13.2. The zero-order valence-corrected chi connectivity index (χ0v) is 9.08. The Kier molecular flexibility index (Phi) is 3.80. The molecule has 1 aliphatic carbocycles. The van der Waals surface area contributed by atoms with Gasteiger partial charge in [-0.2, -0.15) is 0 Å². The Morgan fingerprint density at radius 2 is 2.27 bits per heavy atom. The number of hydrogen-bond acceptors (Lipinski definition) is 2. The molecule has 1 aromatic heterocycles. The Balaban J connectivity index is 1.64. The van der Waals surface area contributed by atoms with E-state index in [0.29, 0.717) is 5.92 Å². The average molecular weight is 208 g/mol. The van der Waals surface area contributed by atoms with Crippen molar-refractivity contribution in [1.82, 2.24) is 10.3 Å². The molecule has 3 nitrogen and oxygen atoms in total. The van der Waals surface area contributed by atoms with Crippen LogP contribution in [0.5, 0.6) is 0 Å². The first-order chi connectivity index (χ1) is 7.36. The van der Waals surface area contributed by atoms with Crippen LogP contribution in [0.2, 0.25) is 0 Å². The van der Waals surface area contributed by atoms with Crippen molar-refractivity contribution < 1.29 is 5.11 Å². The van der Waals surface area contributed by atoms with Gasteiger partial charge in [-0.15, -0.1) is 0 Å². The van der Waals surface area contributed by atoms with Crippen molar-refractivity contribution in [2.75, 3.05) is 6.54 Å². The van der Waals surface area contributed by atoms with E-state index in [1.807, 2.05) is 12.4 Å². The van der Waals surface area contributed by atoms with E-state index in [-0.39, 0.29) is 6.10 Å². The molecule has 1 aromatic rings. The average Bonchev–Trinajstić information content (AvgIpc) is 2.90. The van der Waals surface area contributed by atoms with Gasteiger partial charge >= 0.3 is 0 Å². The standard InChI is InChI=1S/C12H20N2O/c15-12(11-3-1-2-4-11)9-14-8-10-5-6-13-7-10/h5-7,11-15H,1-4,8-9H2. The molecule has 1 atom stereocenters. The molecule has 3 heteroatoms. The highest BCUT2D eigenvalue weighted by molar-refractivity contribution is 5.07. The van der Waals surface area contributed by atoms with Gasteiger partial charge < -0.3 is 15.4 Å². The summed E-state index contributed by atoms with van der Waals surface area (Å²) in [7, 11) is 0. The molecular formula is C12H20N2O. The Hall–Kier alpha value is -0.800. The summed E-state index contributed by atoms with van der Waals surface area (Å²) in [6.45, 7) is 1.56. The van der Waals surface area contributed by atoms with E-state index >= 15 is 0 Å². The van der Waals surface area contributed by atoms with Gasteiger partial charge in [0.15, 0.2) is 0 Å². The van der Waals surface area contributed by atoms with E-state index in [4.69, 9.17) is 0 Å². The van der Waals surface area contributed by atoms with E-state index in [0.717, 1.165) is 13.1 Å². The molecule has 0 saturated heterocycles. The van der Waals surface area contributed by atoms with Crippen molar-refractivity contribution >= 4 is 0 Å². The Bertz CT molecular complexity index is 265. The number of aromatic nitrogens is 1. The first kappa shape index (κ1) is 10.7. The molecule has 0 aliphatic heterocycles. The summed E-state index contributed by atoms with van der Waals surface area (Å²) in [6.07, 6.45) is 8.73. The zero-order valence-electron chi connectivity index (χ0n) is 9.08. The Morgan fingerprint density at radius 3 is 2.93 bits per heavy atom. The van der Waals surface area contributed by atoms with Crippen LogP contribution in [0.25, 0.3) is 0 Å². The summed E-state index contributed by atoms with van der Waals surface area (Å²) >= 11 is 0. The molecule has 1 fully saturated rings. The van der Waals surface area contributed by atoms with E-state index in [2.05, 4.69) is 16.4 Å². The molecule has 1 aliphatic rings. The fraction of sp³-hybridized carbons (Fsp3) is 0.667. The SMILES string of the molecule is OC(CNCc1cc[nH]c1)C1CCCC1. The van der Waals surface area contributed by atoms with Gasteiger partial charge in [-0.3, -0.25) is 0 Å². The highest BCUT2D eigenvalue weighted by Gasteiger charge is 2.22. The largest absolute Gasteiger partial charge is 0.392 e. The molecule has 1 heterocycles. The number of H-pyrrole nitrogens is 1. The third-order valence-electron chi connectivity index (χ3n) is 3.29. The minimum absolute atomic E-state index is 0.161. The van der Waals surface area contributed by atoms with Crippen LogP contribution in [0, 0.1) is 5.92 Å². The number of hydrogen-bond donors (Lipinski definition) is 3. The number of aliphatic hydroxyl groups is 1.